The number of anilines is 1. The van der Waals surface area contributed by atoms with Gasteiger partial charge in [0.2, 0.25) is 0 Å². The SMILES string of the molecule is N[C@@H](Cc1ccc(NS(=O)[O-])cc1)c1cscn1. The first-order valence-electron chi connectivity index (χ1n) is 5.23. The van der Waals surface area contributed by atoms with Crippen molar-refractivity contribution in [2.75, 3.05) is 4.72 Å². The molecular formula is C11H12N3O2S2-. The van der Waals surface area contributed by atoms with E-state index < -0.39 is 11.3 Å². The maximum atomic E-state index is 10.4. The Morgan fingerprint density at radius 3 is 2.72 bits per heavy atom. The van der Waals surface area contributed by atoms with E-state index in [2.05, 4.69) is 9.71 Å². The van der Waals surface area contributed by atoms with Crippen LogP contribution in [0.1, 0.15) is 17.3 Å². The molecule has 3 N–H and O–H groups in total. The van der Waals surface area contributed by atoms with Crippen molar-refractivity contribution in [2.45, 2.75) is 12.5 Å². The van der Waals surface area contributed by atoms with E-state index in [4.69, 9.17) is 5.73 Å². The molecule has 0 aliphatic heterocycles. The minimum absolute atomic E-state index is 0.135. The number of benzene rings is 1. The van der Waals surface area contributed by atoms with Gasteiger partial charge in [0.15, 0.2) is 0 Å². The summed E-state index contributed by atoms with van der Waals surface area (Å²) in [6.45, 7) is 0. The molecule has 0 bridgehead atoms. The van der Waals surface area contributed by atoms with Gasteiger partial charge in [-0.2, -0.15) is 0 Å². The third kappa shape index (κ3) is 3.61. The molecule has 96 valence electrons. The third-order valence-corrected chi connectivity index (χ3v) is 3.45. The van der Waals surface area contributed by atoms with E-state index in [1.165, 1.54) is 11.3 Å². The summed E-state index contributed by atoms with van der Waals surface area (Å²) in [5.41, 5.74) is 10.2. The molecule has 0 saturated carbocycles. The van der Waals surface area contributed by atoms with Crippen LogP contribution in [-0.2, 0) is 17.7 Å². The van der Waals surface area contributed by atoms with Gasteiger partial charge >= 0.3 is 0 Å². The molecule has 5 nitrogen and oxygen atoms in total. The molecule has 0 saturated heterocycles. The van der Waals surface area contributed by atoms with E-state index in [1.54, 1.807) is 17.6 Å². The molecule has 7 heteroatoms. The zero-order chi connectivity index (χ0) is 13.0. The topological polar surface area (TPSA) is 91.1 Å². The van der Waals surface area contributed by atoms with E-state index in [0.29, 0.717) is 12.1 Å². The fourth-order valence-corrected chi connectivity index (χ4v) is 2.52. The number of hydrogen-bond acceptors (Lipinski definition) is 5. The van der Waals surface area contributed by atoms with Crippen LogP contribution in [0, 0.1) is 0 Å². The average Bonchev–Trinajstić information content (AvgIpc) is 2.84. The third-order valence-electron chi connectivity index (χ3n) is 2.44. The molecule has 2 rings (SSSR count). The highest BCUT2D eigenvalue weighted by molar-refractivity contribution is 7.80. The first kappa shape index (κ1) is 13.2. The van der Waals surface area contributed by atoms with Crippen molar-refractivity contribution < 1.29 is 8.76 Å². The number of thiazole rings is 1. The quantitative estimate of drug-likeness (QED) is 0.815. The number of rotatable bonds is 5. The van der Waals surface area contributed by atoms with Crippen molar-refractivity contribution in [3.8, 4) is 0 Å². The molecule has 0 aliphatic rings. The molecule has 1 aromatic heterocycles. The molecule has 18 heavy (non-hydrogen) atoms. The number of hydrogen-bond donors (Lipinski definition) is 2. The smallest absolute Gasteiger partial charge is 0.0795 e. The lowest BCUT2D eigenvalue weighted by Gasteiger charge is -2.11. The summed E-state index contributed by atoms with van der Waals surface area (Å²) in [7, 11) is 0. The highest BCUT2D eigenvalue weighted by Crippen LogP contribution is 2.17. The molecule has 0 radical (unpaired) electrons. The van der Waals surface area contributed by atoms with E-state index >= 15 is 0 Å². The van der Waals surface area contributed by atoms with E-state index in [1.807, 2.05) is 17.5 Å². The van der Waals surface area contributed by atoms with Gasteiger partial charge in [-0.1, -0.05) is 12.1 Å². The van der Waals surface area contributed by atoms with Gasteiger partial charge < -0.3 is 15.0 Å². The monoisotopic (exact) mass is 282 g/mol. The van der Waals surface area contributed by atoms with Gasteiger partial charge in [0.1, 0.15) is 0 Å². The molecule has 2 atom stereocenters. The van der Waals surface area contributed by atoms with Crippen LogP contribution in [0.25, 0.3) is 0 Å². The Labute approximate surface area is 111 Å². The number of nitrogens with one attached hydrogen (secondary N) is 1. The van der Waals surface area contributed by atoms with Crippen LogP contribution in [0.15, 0.2) is 35.2 Å². The van der Waals surface area contributed by atoms with Crippen LogP contribution in [0.2, 0.25) is 0 Å². The number of nitrogens with zero attached hydrogens (tertiary/aromatic N) is 1. The van der Waals surface area contributed by atoms with E-state index in [0.717, 1.165) is 11.3 Å². The van der Waals surface area contributed by atoms with Crippen LogP contribution < -0.4 is 10.5 Å². The van der Waals surface area contributed by atoms with Gasteiger partial charge in [-0.25, -0.2) is 4.98 Å². The number of nitrogens with two attached hydrogens (primary N) is 1. The molecule has 1 unspecified atom stereocenters. The maximum absolute atomic E-state index is 10.4. The standard InChI is InChI=1S/C11H13N3O2S2/c12-10(11-6-17-7-13-11)5-8-1-3-9(4-2-8)14-18(15)16/h1-4,6-7,10,14H,5,12H2,(H,15,16)/p-1/t10-/m0/s1. The zero-order valence-electron chi connectivity index (χ0n) is 9.41. The predicted octanol–water partition coefficient (Wildman–Crippen LogP) is 1.59. The lowest BCUT2D eigenvalue weighted by atomic mass is 10.0. The van der Waals surface area contributed by atoms with Crippen molar-refractivity contribution in [2.24, 2.45) is 5.73 Å². The Morgan fingerprint density at radius 2 is 2.17 bits per heavy atom. The highest BCUT2D eigenvalue weighted by atomic mass is 32.2. The summed E-state index contributed by atoms with van der Waals surface area (Å²) in [5.74, 6) is 0. The molecule has 0 fully saturated rings. The second kappa shape index (κ2) is 6.05. The van der Waals surface area contributed by atoms with Gasteiger partial charge in [0, 0.05) is 22.3 Å². The summed E-state index contributed by atoms with van der Waals surface area (Å²) < 4.78 is 23.2. The summed E-state index contributed by atoms with van der Waals surface area (Å²) in [6, 6.07) is 6.98. The fraction of sp³-hybridized carbons (Fsp3) is 0.182. The van der Waals surface area contributed by atoms with E-state index in [9.17, 15) is 8.76 Å². The van der Waals surface area contributed by atoms with Gasteiger partial charge in [-0.15, -0.1) is 11.3 Å². The lowest BCUT2D eigenvalue weighted by molar-refractivity contribution is 0.542. The normalized spacial score (nSPS) is 14.1. The highest BCUT2D eigenvalue weighted by Gasteiger charge is 2.08. The Bertz CT molecular complexity index is 514. The van der Waals surface area contributed by atoms with E-state index in [-0.39, 0.29) is 6.04 Å². The molecular weight excluding hydrogens is 270 g/mol. The average molecular weight is 282 g/mol. The van der Waals surface area contributed by atoms with Crippen LogP contribution in [0.5, 0.6) is 0 Å². The first-order chi connectivity index (χ1) is 8.65. The largest absolute Gasteiger partial charge is 0.755 e. The Kier molecular flexibility index (Phi) is 4.43. The first-order valence-corrected chi connectivity index (χ1v) is 7.25. The van der Waals surface area contributed by atoms with Gasteiger partial charge in [-0.3, -0.25) is 4.21 Å². The maximum Gasteiger partial charge on any atom is 0.0795 e. The van der Waals surface area contributed by atoms with Crippen molar-refractivity contribution in [3.63, 3.8) is 0 Å². The minimum atomic E-state index is -2.29. The molecule has 0 aliphatic carbocycles. The van der Waals surface area contributed by atoms with Crippen molar-refractivity contribution in [1.82, 2.24) is 4.98 Å². The summed E-state index contributed by atoms with van der Waals surface area (Å²) >= 11 is -0.773. The van der Waals surface area contributed by atoms with Crippen molar-refractivity contribution in [3.05, 3.63) is 46.4 Å². The molecule has 0 amide bonds. The number of aromatic nitrogens is 1. The molecule has 0 spiro atoms. The Balaban J connectivity index is 2.00. The molecule has 1 aromatic carbocycles. The summed E-state index contributed by atoms with van der Waals surface area (Å²) in [4.78, 5) is 4.17. The van der Waals surface area contributed by atoms with Crippen LogP contribution in [0.3, 0.4) is 0 Å². The van der Waals surface area contributed by atoms with Crippen molar-refractivity contribution >= 4 is 28.3 Å². The summed E-state index contributed by atoms with van der Waals surface area (Å²) in [5, 5.41) is 1.93. The van der Waals surface area contributed by atoms with Crippen LogP contribution >= 0.6 is 11.3 Å². The second-order valence-electron chi connectivity index (χ2n) is 3.76. The zero-order valence-corrected chi connectivity index (χ0v) is 11.0. The molecule has 2 aromatic rings. The minimum Gasteiger partial charge on any atom is -0.755 e. The van der Waals surface area contributed by atoms with Crippen LogP contribution in [0.4, 0.5) is 5.69 Å². The van der Waals surface area contributed by atoms with Crippen molar-refractivity contribution in [1.29, 1.82) is 0 Å². The second-order valence-corrected chi connectivity index (χ2v) is 5.15. The lowest BCUT2D eigenvalue weighted by Crippen LogP contribution is -2.13. The van der Waals surface area contributed by atoms with Gasteiger partial charge in [0.05, 0.1) is 17.2 Å². The Morgan fingerprint density at radius 1 is 1.44 bits per heavy atom. The van der Waals surface area contributed by atoms with Crippen LogP contribution in [-0.4, -0.2) is 13.7 Å². The molecule has 1 heterocycles. The van der Waals surface area contributed by atoms with Gasteiger partial charge in [-0.05, 0) is 24.1 Å². The Hall–Kier alpha value is -1.28. The fourth-order valence-electron chi connectivity index (χ4n) is 1.57. The van der Waals surface area contributed by atoms with Gasteiger partial charge in [0.25, 0.3) is 0 Å². The summed E-state index contributed by atoms with van der Waals surface area (Å²) in [6.07, 6.45) is 0.671. The predicted molar refractivity (Wildman–Crippen MR) is 71.7 cm³/mol.